The molecule has 1 aromatic carbocycles. The number of hydrogen-bond acceptors (Lipinski definition) is 4. The summed E-state index contributed by atoms with van der Waals surface area (Å²) in [5, 5.41) is 2.83. The van der Waals surface area contributed by atoms with Crippen molar-refractivity contribution in [2.45, 2.75) is 18.8 Å². The molecule has 0 N–H and O–H groups in total. The van der Waals surface area contributed by atoms with Gasteiger partial charge >= 0.3 is 0 Å². The second-order valence-electron chi connectivity index (χ2n) is 7.45. The summed E-state index contributed by atoms with van der Waals surface area (Å²) >= 11 is 1.46. The van der Waals surface area contributed by atoms with E-state index in [2.05, 4.69) is 0 Å². The van der Waals surface area contributed by atoms with E-state index in [0.717, 1.165) is 39.9 Å². The lowest BCUT2D eigenvalue weighted by Crippen LogP contribution is -2.50. The summed E-state index contributed by atoms with van der Waals surface area (Å²) in [6.07, 6.45) is 2.31. The molecule has 2 aliphatic rings. The average Bonchev–Trinajstić information content (AvgIpc) is 3.46. The van der Waals surface area contributed by atoms with E-state index in [1.165, 1.54) is 11.3 Å². The molecular formula is C22H21N3O2S. The fraction of sp³-hybridized carbons (Fsp3) is 0.318. The van der Waals surface area contributed by atoms with E-state index in [0.29, 0.717) is 32.1 Å². The third kappa shape index (κ3) is 3.18. The lowest BCUT2D eigenvalue weighted by atomic mass is 10.0. The van der Waals surface area contributed by atoms with Gasteiger partial charge in [-0.3, -0.25) is 14.6 Å². The summed E-state index contributed by atoms with van der Waals surface area (Å²) in [5.41, 5.74) is 2.67. The Labute approximate surface area is 167 Å². The zero-order valence-electron chi connectivity index (χ0n) is 15.5. The van der Waals surface area contributed by atoms with Gasteiger partial charge in [-0.2, -0.15) is 0 Å². The third-order valence-electron chi connectivity index (χ3n) is 5.55. The number of carbonyl (C=O) groups excluding carboxylic acids is 2. The molecule has 142 valence electrons. The van der Waals surface area contributed by atoms with Crippen molar-refractivity contribution in [1.82, 2.24) is 14.8 Å². The second kappa shape index (κ2) is 7.02. The largest absolute Gasteiger partial charge is 0.335 e. The Hall–Kier alpha value is -2.73. The van der Waals surface area contributed by atoms with Gasteiger partial charge in [0.25, 0.3) is 11.8 Å². The van der Waals surface area contributed by atoms with E-state index in [-0.39, 0.29) is 11.8 Å². The number of rotatable bonds is 3. The molecule has 2 amide bonds. The van der Waals surface area contributed by atoms with E-state index in [4.69, 9.17) is 4.98 Å². The number of pyridine rings is 1. The molecule has 3 heterocycles. The second-order valence-corrected chi connectivity index (χ2v) is 8.40. The van der Waals surface area contributed by atoms with Crippen LogP contribution in [0.4, 0.5) is 0 Å². The number of hydrogen-bond donors (Lipinski definition) is 0. The fourth-order valence-electron chi connectivity index (χ4n) is 3.80. The minimum Gasteiger partial charge on any atom is -0.335 e. The van der Waals surface area contributed by atoms with Crippen LogP contribution in [0.25, 0.3) is 10.9 Å². The molecule has 0 atom stereocenters. The van der Waals surface area contributed by atoms with Crippen LogP contribution >= 0.6 is 11.3 Å². The Bertz CT molecular complexity index is 1040. The van der Waals surface area contributed by atoms with Crippen molar-refractivity contribution >= 4 is 34.1 Å². The molecular weight excluding hydrogens is 370 g/mol. The van der Waals surface area contributed by atoms with Crippen molar-refractivity contribution in [2.24, 2.45) is 0 Å². The topological polar surface area (TPSA) is 53.5 Å². The maximum atomic E-state index is 13.3. The van der Waals surface area contributed by atoms with E-state index >= 15 is 0 Å². The first-order valence-corrected chi connectivity index (χ1v) is 10.6. The lowest BCUT2D eigenvalue weighted by Gasteiger charge is -2.34. The molecule has 28 heavy (non-hydrogen) atoms. The molecule has 2 aromatic heterocycles. The van der Waals surface area contributed by atoms with Crippen molar-refractivity contribution in [3.05, 3.63) is 64.0 Å². The number of thiophene rings is 1. The highest BCUT2D eigenvalue weighted by Crippen LogP contribution is 2.40. The normalized spacial score (nSPS) is 17.1. The Morgan fingerprint density at radius 3 is 2.32 bits per heavy atom. The van der Waals surface area contributed by atoms with Crippen LogP contribution in [0.15, 0.2) is 47.8 Å². The summed E-state index contributed by atoms with van der Waals surface area (Å²) < 4.78 is 0. The van der Waals surface area contributed by atoms with Gasteiger partial charge in [0.2, 0.25) is 0 Å². The van der Waals surface area contributed by atoms with Crippen LogP contribution in [0.3, 0.4) is 0 Å². The molecule has 0 bridgehead atoms. The lowest BCUT2D eigenvalue weighted by molar-refractivity contribution is 0.0539. The minimum atomic E-state index is 0.0451. The van der Waals surface area contributed by atoms with Crippen LogP contribution in [0.1, 0.15) is 44.5 Å². The van der Waals surface area contributed by atoms with E-state index in [1.807, 2.05) is 57.6 Å². The fourth-order valence-corrected chi connectivity index (χ4v) is 4.49. The van der Waals surface area contributed by atoms with Crippen LogP contribution in [0.5, 0.6) is 0 Å². The average molecular weight is 391 g/mol. The van der Waals surface area contributed by atoms with Crippen molar-refractivity contribution in [3.8, 4) is 0 Å². The molecule has 2 fully saturated rings. The molecule has 1 saturated heterocycles. The van der Waals surface area contributed by atoms with Crippen LogP contribution in [0.2, 0.25) is 0 Å². The number of carbonyl (C=O) groups is 2. The molecule has 1 saturated carbocycles. The number of fused-ring (bicyclic) bond motifs is 1. The maximum absolute atomic E-state index is 13.3. The molecule has 5 rings (SSSR count). The van der Waals surface area contributed by atoms with Gasteiger partial charge in [0.1, 0.15) is 0 Å². The number of para-hydroxylation sites is 1. The van der Waals surface area contributed by atoms with Crippen LogP contribution in [-0.4, -0.2) is 52.8 Å². The molecule has 1 aliphatic carbocycles. The van der Waals surface area contributed by atoms with E-state index < -0.39 is 0 Å². The van der Waals surface area contributed by atoms with Gasteiger partial charge in [0.05, 0.1) is 16.0 Å². The minimum absolute atomic E-state index is 0.0451. The summed E-state index contributed by atoms with van der Waals surface area (Å²) in [7, 11) is 0. The molecule has 1 aliphatic heterocycles. The summed E-state index contributed by atoms with van der Waals surface area (Å²) in [6, 6.07) is 13.6. The standard InChI is InChI=1S/C22H21N3O2S/c26-21(24-9-11-25(12-10-24)22(27)20-6-3-13-28-20)17-14-19(15-7-8-15)23-18-5-2-1-4-16(17)18/h1-6,13-15H,7-12H2. The Morgan fingerprint density at radius 2 is 1.64 bits per heavy atom. The van der Waals surface area contributed by atoms with Crippen LogP contribution in [-0.2, 0) is 0 Å². The predicted octanol–water partition coefficient (Wildman–Crippen LogP) is 3.77. The summed E-state index contributed by atoms with van der Waals surface area (Å²) in [5.74, 6) is 0.604. The number of benzene rings is 1. The highest BCUT2D eigenvalue weighted by atomic mass is 32.1. The number of nitrogens with zero attached hydrogens (tertiary/aromatic N) is 3. The Balaban J connectivity index is 1.37. The van der Waals surface area contributed by atoms with Gasteiger partial charge in [-0.25, -0.2) is 0 Å². The van der Waals surface area contributed by atoms with Gasteiger partial charge in [0.15, 0.2) is 0 Å². The number of amides is 2. The van der Waals surface area contributed by atoms with Crippen molar-refractivity contribution in [1.29, 1.82) is 0 Å². The first-order chi connectivity index (χ1) is 13.7. The molecule has 0 spiro atoms. The van der Waals surface area contributed by atoms with E-state index in [9.17, 15) is 9.59 Å². The highest BCUT2D eigenvalue weighted by Gasteiger charge is 2.30. The van der Waals surface area contributed by atoms with Gasteiger partial charge in [-0.1, -0.05) is 24.3 Å². The summed E-state index contributed by atoms with van der Waals surface area (Å²) in [6.45, 7) is 2.26. The van der Waals surface area contributed by atoms with Crippen molar-refractivity contribution < 1.29 is 9.59 Å². The SMILES string of the molecule is O=C(c1cccs1)N1CCN(C(=O)c2cc(C3CC3)nc3ccccc23)CC1. The Kier molecular flexibility index (Phi) is 4.36. The number of aromatic nitrogens is 1. The van der Waals surface area contributed by atoms with E-state index in [1.54, 1.807) is 0 Å². The number of piperazine rings is 1. The Morgan fingerprint density at radius 1 is 0.929 bits per heavy atom. The highest BCUT2D eigenvalue weighted by molar-refractivity contribution is 7.12. The summed E-state index contributed by atoms with van der Waals surface area (Å²) in [4.78, 5) is 35.1. The van der Waals surface area contributed by atoms with Crippen LogP contribution in [0, 0.1) is 0 Å². The molecule has 0 unspecified atom stereocenters. The van der Waals surface area contributed by atoms with Gasteiger partial charge in [-0.15, -0.1) is 11.3 Å². The monoisotopic (exact) mass is 391 g/mol. The van der Waals surface area contributed by atoms with Crippen molar-refractivity contribution in [3.63, 3.8) is 0 Å². The predicted molar refractivity (Wildman–Crippen MR) is 110 cm³/mol. The van der Waals surface area contributed by atoms with Gasteiger partial charge in [0, 0.05) is 43.2 Å². The molecule has 0 radical (unpaired) electrons. The van der Waals surface area contributed by atoms with Gasteiger partial charge in [-0.05, 0) is 36.4 Å². The smallest absolute Gasteiger partial charge is 0.264 e. The first-order valence-electron chi connectivity index (χ1n) is 9.72. The zero-order valence-corrected chi connectivity index (χ0v) is 16.3. The zero-order chi connectivity index (χ0) is 19.1. The first kappa shape index (κ1) is 17.4. The maximum Gasteiger partial charge on any atom is 0.264 e. The van der Waals surface area contributed by atoms with Crippen molar-refractivity contribution in [2.75, 3.05) is 26.2 Å². The van der Waals surface area contributed by atoms with Crippen LogP contribution < -0.4 is 0 Å². The third-order valence-corrected chi connectivity index (χ3v) is 6.41. The molecule has 5 nitrogen and oxygen atoms in total. The quantitative estimate of drug-likeness (QED) is 0.683. The molecule has 3 aromatic rings. The van der Waals surface area contributed by atoms with Gasteiger partial charge < -0.3 is 9.80 Å². The molecule has 6 heteroatoms.